The van der Waals surface area contributed by atoms with Gasteiger partial charge in [0, 0.05) is 16.9 Å². The number of rotatable bonds is 5. The van der Waals surface area contributed by atoms with E-state index in [1.54, 1.807) is 36.4 Å². The van der Waals surface area contributed by atoms with E-state index in [1.807, 2.05) is 0 Å². The van der Waals surface area contributed by atoms with E-state index in [2.05, 4.69) is 15.4 Å². The van der Waals surface area contributed by atoms with Gasteiger partial charge < -0.3 is 15.4 Å². The summed E-state index contributed by atoms with van der Waals surface area (Å²) in [4.78, 5) is 11.3. The molecule has 0 aliphatic carbocycles. The second-order valence-corrected chi connectivity index (χ2v) is 5.03. The first-order valence-electron chi connectivity index (χ1n) is 6.68. The van der Waals surface area contributed by atoms with Crippen LogP contribution in [0, 0.1) is 0 Å². The van der Waals surface area contributed by atoms with Crippen LogP contribution in [-0.4, -0.2) is 17.5 Å². The molecule has 0 atom stereocenters. The summed E-state index contributed by atoms with van der Waals surface area (Å²) < 4.78 is 28.4. The molecule has 2 aromatic carbocycles. The van der Waals surface area contributed by atoms with Gasteiger partial charge in [-0.15, -0.1) is 0 Å². The Hall–Kier alpha value is -2.54. The van der Waals surface area contributed by atoms with Crippen LogP contribution in [0.15, 0.2) is 48.5 Å². The van der Waals surface area contributed by atoms with Crippen LogP contribution in [0.4, 0.5) is 20.2 Å². The minimum absolute atomic E-state index is 0.0397. The number of carbonyl (C=O) groups excluding carboxylic acids is 1. The summed E-state index contributed by atoms with van der Waals surface area (Å²) in [5.74, 6) is 0.0285. The number of hydrogen-bond acceptors (Lipinski definition) is 3. The van der Waals surface area contributed by atoms with E-state index < -0.39 is 6.61 Å². The minimum atomic E-state index is -2.86. The van der Waals surface area contributed by atoms with Crippen molar-refractivity contribution in [1.82, 2.24) is 0 Å². The van der Waals surface area contributed by atoms with Gasteiger partial charge in [-0.1, -0.05) is 12.1 Å². The fourth-order valence-corrected chi connectivity index (χ4v) is 2.06. The number of carbonyl (C=O) groups is 1. The summed E-state index contributed by atoms with van der Waals surface area (Å²) in [6.45, 7) is -1.37. The maximum absolute atomic E-state index is 12.1. The van der Waals surface area contributed by atoms with Gasteiger partial charge in [-0.05, 0) is 55.5 Å². The molecule has 2 aromatic rings. The normalized spacial score (nSPS) is 10.3. The lowest BCUT2D eigenvalue weighted by atomic mass is 10.1. The zero-order valence-electron chi connectivity index (χ0n) is 12.2. The first-order chi connectivity index (χ1) is 10.9. The second-order valence-electron chi connectivity index (χ2n) is 4.62. The molecule has 0 spiro atoms. The molecule has 0 heterocycles. The Labute approximate surface area is 137 Å². The molecular weight excluding hydrogens is 322 g/mol. The molecule has 0 saturated carbocycles. The molecule has 0 unspecified atom stereocenters. The van der Waals surface area contributed by atoms with Gasteiger partial charge in [0.2, 0.25) is 0 Å². The summed E-state index contributed by atoms with van der Waals surface area (Å²) in [6.07, 6.45) is 0. The Balaban J connectivity index is 1.96. The van der Waals surface area contributed by atoms with Crippen LogP contribution in [0.25, 0.3) is 0 Å². The zero-order chi connectivity index (χ0) is 16.8. The van der Waals surface area contributed by atoms with Gasteiger partial charge in [-0.25, -0.2) is 0 Å². The first kappa shape index (κ1) is 16.8. The van der Waals surface area contributed by atoms with E-state index in [1.165, 1.54) is 19.1 Å². The van der Waals surface area contributed by atoms with Crippen molar-refractivity contribution in [3.05, 3.63) is 54.1 Å². The highest BCUT2D eigenvalue weighted by atomic mass is 32.1. The van der Waals surface area contributed by atoms with Gasteiger partial charge in [0.1, 0.15) is 5.75 Å². The van der Waals surface area contributed by atoms with Crippen LogP contribution in [0.5, 0.6) is 5.75 Å². The largest absolute Gasteiger partial charge is 0.435 e. The Kier molecular flexibility index (Phi) is 5.59. The van der Waals surface area contributed by atoms with Crippen LogP contribution < -0.4 is 15.4 Å². The number of alkyl halides is 2. The highest BCUT2D eigenvalue weighted by Gasteiger charge is 2.05. The van der Waals surface area contributed by atoms with Crippen molar-refractivity contribution >= 4 is 34.5 Å². The number of thiocarbonyl (C=S) groups is 1. The molecule has 120 valence electrons. The molecule has 0 bridgehead atoms. The summed E-state index contributed by atoms with van der Waals surface area (Å²) in [5.41, 5.74) is 1.87. The second kappa shape index (κ2) is 7.64. The highest BCUT2D eigenvalue weighted by Crippen LogP contribution is 2.18. The van der Waals surface area contributed by atoms with E-state index in [4.69, 9.17) is 12.2 Å². The topological polar surface area (TPSA) is 50.4 Å². The standard InChI is InChI=1S/C16H14F2N2O2S/c1-10(21)11-3-2-4-13(9-11)20-16(23)19-12-5-7-14(8-6-12)22-15(17)18/h2-9,15H,1H3,(H2,19,20,23). The number of ketones is 1. The monoisotopic (exact) mass is 336 g/mol. The lowest BCUT2D eigenvalue weighted by Gasteiger charge is -2.12. The minimum Gasteiger partial charge on any atom is -0.435 e. The molecule has 0 aliphatic rings. The number of Topliss-reactive ketones (excluding diaryl/α,β-unsaturated/α-hetero) is 1. The van der Waals surface area contributed by atoms with Gasteiger partial charge in [-0.3, -0.25) is 4.79 Å². The van der Waals surface area contributed by atoms with E-state index in [-0.39, 0.29) is 11.5 Å². The molecule has 0 radical (unpaired) electrons. The van der Waals surface area contributed by atoms with Crippen LogP contribution in [0.2, 0.25) is 0 Å². The molecule has 0 aliphatic heterocycles. The molecule has 7 heteroatoms. The predicted molar refractivity (Wildman–Crippen MR) is 89.4 cm³/mol. The molecule has 4 nitrogen and oxygen atoms in total. The third kappa shape index (κ3) is 5.30. The van der Waals surface area contributed by atoms with Crippen molar-refractivity contribution in [3.63, 3.8) is 0 Å². The first-order valence-corrected chi connectivity index (χ1v) is 7.09. The summed E-state index contributed by atoms with van der Waals surface area (Å²) in [5, 5.41) is 6.17. The van der Waals surface area contributed by atoms with Gasteiger partial charge in [0.15, 0.2) is 10.9 Å². The SMILES string of the molecule is CC(=O)c1cccc(NC(=S)Nc2ccc(OC(F)F)cc2)c1. The van der Waals surface area contributed by atoms with Crippen molar-refractivity contribution in [2.45, 2.75) is 13.5 Å². The Morgan fingerprint density at radius 1 is 1.09 bits per heavy atom. The number of anilines is 2. The number of nitrogens with one attached hydrogen (secondary N) is 2. The number of hydrogen-bond donors (Lipinski definition) is 2. The van der Waals surface area contributed by atoms with Crippen LogP contribution in [0.1, 0.15) is 17.3 Å². The fourth-order valence-electron chi connectivity index (χ4n) is 1.83. The molecule has 0 amide bonds. The van der Waals surface area contributed by atoms with Crippen molar-refractivity contribution < 1.29 is 18.3 Å². The summed E-state index contributed by atoms with van der Waals surface area (Å²) >= 11 is 5.17. The molecule has 0 aromatic heterocycles. The molecule has 0 saturated heterocycles. The summed E-state index contributed by atoms with van der Waals surface area (Å²) in [7, 11) is 0. The Morgan fingerprint density at radius 2 is 1.74 bits per heavy atom. The average Bonchev–Trinajstić information content (AvgIpc) is 2.49. The van der Waals surface area contributed by atoms with Gasteiger partial charge in [0.05, 0.1) is 0 Å². The van der Waals surface area contributed by atoms with E-state index in [0.29, 0.717) is 22.1 Å². The van der Waals surface area contributed by atoms with E-state index in [9.17, 15) is 13.6 Å². The van der Waals surface area contributed by atoms with Gasteiger partial charge in [0.25, 0.3) is 0 Å². The zero-order valence-corrected chi connectivity index (χ0v) is 13.0. The fraction of sp³-hybridized carbons (Fsp3) is 0.125. The lowest BCUT2D eigenvalue weighted by molar-refractivity contribution is -0.0498. The molecule has 0 fully saturated rings. The number of ether oxygens (including phenoxy) is 1. The van der Waals surface area contributed by atoms with E-state index >= 15 is 0 Å². The highest BCUT2D eigenvalue weighted by molar-refractivity contribution is 7.80. The molecule has 2 N–H and O–H groups in total. The quantitative estimate of drug-likeness (QED) is 0.630. The maximum atomic E-state index is 12.1. The van der Waals surface area contributed by atoms with Gasteiger partial charge >= 0.3 is 6.61 Å². The Morgan fingerprint density at radius 3 is 2.35 bits per heavy atom. The lowest BCUT2D eigenvalue weighted by Crippen LogP contribution is -2.19. The molecule has 2 rings (SSSR count). The van der Waals surface area contributed by atoms with Gasteiger partial charge in [-0.2, -0.15) is 8.78 Å². The van der Waals surface area contributed by atoms with Crippen molar-refractivity contribution in [2.24, 2.45) is 0 Å². The van der Waals surface area contributed by atoms with E-state index in [0.717, 1.165) is 0 Å². The maximum Gasteiger partial charge on any atom is 0.387 e. The smallest absolute Gasteiger partial charge is 0.387 e. The number of halogens is 2. The van der Waals surface area contributed by atoms with Crippen molar-refractivity contribution in [2.75, 3.05) is 10.6 Å². The molecule has 23 heavy (non-hydrogen) atoms. The van der Waals surface area contributed by atoms with Crippen molar-refractivity contribution in [1.29, 1.82) is 0 Å². The molecular formula is C16H14F2N2O2S. The predicted octanol–water partition coefficient (Wildman–Crippen LogP) is 4.30. The van der Waals surface area contributed by atoms with Crippen molar-refractivity contribution in [3.8, 4) is 5.75 Å². The number of benzene rings is 2. The van der Waals surface area contributed by atoms with Crippen LogP contribution in [0.3, 0.4) is 0 Å². The van der Waals surface area contributed by atoms with Crippen LogP contribution in [-0.2, 0) is 0 Å². The average molecular weight is 336 g/mol. The Bertz CT molecular complexity index is 705. The third-order valence-electron chi connectivity index (χ3n) is 2.86. The van der Waals surface area contributed by atoms with Crippen LogP contribution >= 0.6 is 12.2 Å². The summed E-state index contributed by atoms with van der Waals surface area (Å²) in [6, 6.07) is 12.9. The third-order valence-corrected chi connectivity index (χ3v) is 3.07.